The van der Waals surface area contributed by atoms with Gasteiger partial charge in [-0.2, -0.15) is 70.2 Å². The number of hydrogen-bond donors (Lipinski definition) is 0. The Morgan fingerprint density at radius 2 is 0.479 bits per heavy atom. The molecule has 0 fully saturated rings. The van der Waals surface area contributed by atoms with Gasteiger partial charge >= 0.3 is 47.4 Å². The fraction of sp³-hybridized carbons (Fsp3) is 0.571. The van der Waals surface area contributed by atoms with Crippen molar-refractivity contribution in [3.63, 3.8) is 0 Å². The number of alkyl halides is 16. The van der Waals surface area contributed by atoms with Crippen molar-refractivity contribution in [1.29, 1.82) is 0 Å². The second-order valence-corrected chi connectivity index (χ2v) is 9.95. The molecule has 0 atom stereocenters. The van der Waals surface area contributed by atoms with E-state index < -0.39 is 92.6 Å². The molecule has 272 valence electrons. The van der Waals surface area contributed by atoms with Gasteiger partial charge in [0.15, 0.2) is 0 Å². The van der Waals surface area contributed by atoms with Crippen LogP contribution in [0.25, 0.3) is 0 Å². The standard InChI is InChI=1S/2C14H12F8O2/c2*1-3-23-7-5-6-8(24-4-2)10-9(7)11(15,16)13(19,20)14(21,22)12(10,17)18/h2*5-6H,3-4H2,1-2H3. The number of rotatable bonds is 8. The molecule has 4 nitrogen and oxygen atoms in total. The van der Waals surface area contributed by atoms with E-state index in [-0.39, 0.29) is 26.4 Å². The quantitative estimate of drug-likeness (QED) is 0.254. The molecule has 20 heteroatoms. The molecular weight excluding hydrogens is 704 g/mol. The largest absolute Gasteiger partial charge is 0.493 e. The molecule has 0 aromatic heterocycles. The Balaban J connectivity index is 0.000000260. The molecule has 0 saturated heterocycles. The Kier molecular flexibility index (Phi) is 9.85. The van der Waals surface area contributed by atoms with Gasteiger partial charge in [0, 0.05) is 0 Å². The molecule has 0 aliphatic heterocycles. The van der Waals surface area contributed by atoms with Crippen LogP contribution < -0.4 is 18.9 Å². The van der Waals surface area contributed by atoms with E-state index in [4.69, 9.17) is 0 Å². The zero-order chi connectivity index (χ0) is 37.1. The van der Waals surface area contributed by atoms with Gasteiger partial charge in [0.05, 0.1) is 48.7 Å². The first-order chi connectivity index (χ1) is 21.7. The van der Waals surface area contributed by atoms with Crippen LogP contribution in [0.3, 0.4) is 0 Å². The minimum atomic E-state index is -6.33. The van der Waals surface area contributed by atoms with Gasteiger partial charge in [0.25, 0.3) is 0 Å². The molecule has 0 radical (unpaired) electrons. The van der Waals surface area contributed by atoms with Crippen molar-refractivity contribution >= 4 is 0 Å². The summed E-state index contributed by atoms with van der Waals surface area (Å²) >= 11 is 0. The summed E-state index contributed by atoms with van der Waals surface area (Å²) in [6.45, 7) is 3.83. The highest BCUT2D eigenvalue weighted by molar-refractivity contribution is 5.58. The van der Waals surface area contributed by atoms with Crippen LogP contribution in [0.5, 0.6) is 23.0 Å². The van der Waals surface area contributed by atoms with Gasteiger partial charge in [0.1, 0.15) is 23.0 Å². The molecular formula is C28H24F16O4. The Morgan fingerprint density at radius 3 is 0.604 bits per heavy atom. The molecule has 2 aromatic rings. The third-order valence-electron chi connectivity index (χ3n) is 7.08. The van der Waals surface area contributed by atoms with Gasteiger partial charge in [-0.05, 0) is 52.0 Å². The molecule has 0 N–H and O–H groups in total. The number of hydrogen-bond acceptors (Lipinski definition) is 4. The van der Waals surface area contributed by atoms with Crippen molar-refractivity contribution in [2.45, 2.75) is 75.1 Å². The maximum atomic E-state index is 14.1. The number of ether oxygens (including phenoxy) is 4. The van der Waals surface area contributed by atoms with Crippen molar-refractivity contribution < 1.29 is 89.2 Å². The molecule has 0 unspecified atom stereocenters. The van der Waals surface area contributed by atoms with E-state index in [0.29, 0.717) is 24.3 Å². The minimum Gasteiger partial charge on any atom is -0.493 e. The molecule has 2 aliphatic carbocycles. The first kappa shape index (κ1) is 39.0. The van der Waals surface area contributed by atoms with Crippen molar-refractivity contribution in [3.05, 3.63) is 46.5 Å². The maximum absolute atomic E-state index is 14.1. The van der Waals surface area contributed by atoms with Gasteiger partial charge < -0.3 is 18.9 Å². The third-order valence-corrected chi connectivity index (χ3v) is 7.08. The third kappa shape index (κ3) is 5.05. The Morgan fingerprint density at radius 1 is 0.333 bits per heavy atom. The van der Waals surface area contributed by atoms with Gasteiger partial charge in [-0.1, -0.05) is 0 Å². The predicted octanol–water partition coefficient (Wildman–Crippen LogP) is 9.90. The highest BCUT2D eigenvalue weighted by atomic mass is 19.4. The van der Waals surface area contributed by atoms with Crippen LogP contribution in [0.1, 0.15) is 49.9 Å². The van der Waals surface area contributed by atoms with Crippen LogP contribution in [0.4, 0.5) is 70.2 Å². The Hall–Kier alpha value is -3.48. The topological polar surface area (TPSA) is 36.9 Å². The summed E-state index contributed by atoms with van der Waals surface area (Å²) in [6.07, 6.45) is 0. The van der Waals surface area contributed by atoms with Crippen molar-refractivity contribution in [3.8, 4) is 23.0 Å². The zero-order valence-electron chi connectivity index (χ0n) is 24.8. The van der Waals surface area contributed by atoms with Crippen LogP contribution in [0.2, 0.25) is 0 Å². The first-order valence-corrected chi connectivity index (χ1v) is 13.6. The van der Waals surface area contributed by atoms with Crippen LogP contribution in [0.15, 0.2) is 24.3 Å². The van der Waals surface area contributed by atoms with Crippen LogP contribution >= 0.6 is 0 Å². The second kappa shape index (κ2) is 12.1. The average molecular weight is 728 g/mol. The van der Waals surface area contributed by atoms with E-state index in [2.05, 4.69) is 18.9 Å². The van der Waals surface area contributed by atoms with E-state index >= 15 is 0 Å². The van der Waals surface area contributed by atoms with Gasteiger partial charge in [-0.3, -0.25) is 0 Å². The molecule has 0 bridgehead atoms. The number of fused-ring (bicyclic) bond motifs is 2. The van der Waals surface area contributed by atoms with Crippen LogP contribution in [-0.4, -0.2) is 50.1 Å². The summed E-state index contributed by atoms with van der Waals surface area (Å²) in [4.78, 5) is 0. The monoisotopic (exact) mass is 728 g/mol. The predicted molar refractivity (Wildman–Crippen MR) is 133 cm³/mol. The fourth-order valence-corrected chi connectivity index (χ4v) is 4.90. The number of halogens is 16. The van der Waals surface area contributed by atoms with Crippen molar-refractivity contribution in [1.82, 2.24) is 0 Å². The maximum Gasteiger partial charge on any atom is 0.383 e. The van der Waals surface area contributed by atoms with E-state index in [0.717, 1.165) is 0 Å². The average Bonchev–Trinajstić information content (AvgIpc) is 2.97. The Bertz CT molecular complexity index is 1290. The van der Waals surface area contributed by atoms with Crippen LogP contribution in [0, 0.1) is 0 Å². The van der Waals surface area contributed by atoms with E-state index in [1.807, 2.05) is 0 Å². The lowest BCUT2D eigenvalue weighted by Gasteiger charge is -2.43. The van der Waals surface area contributed by atoms with Crippen LogP contribution in [-0.2, 0) is 23.7 Å². The Labute approximate surface area is 260 Å². The van der Waals surface area contributed by atoms with Crippen molar-refractivity contribution in [2.75, 3.05) is 26.4 Å². The summed E-state index contributed by atoms with van der Waals surface area (Å²) in [5.41, 5.74) is -7.96. The zero-order valence-corrected chi connectivity index (χ0v) is 24.8. The first-order valence-electron chi connectivity index (χ1n) is 13.6. The van der Waals surface area contributed by atoms with Gasteiger partial charge in [-0.25, -0.2) is 0 Å². The summed E-state index contributed by atoms with van der Waals surface area (Å²) in [5, 5.41) is 0. The summed E-state index contributed by atoms with van der Waals surface area (Å²) < 4.78 is 240. The van der Waals surface area contributed by atoms with Crippen molar-refractivity contribution in [2.24, 2.45) is 0 Å². The second-order valence-electron chi connectivity index (χ2n) is 9.95. The highest BCUT2D eigenvalue weighted by Crippen LogP contribution is 2.69. The lowest BCUT2D eigenvalue weighted by Crippen LogP contribution is -2.64. The molecule has 4 rings (SSSR count). The fourth-order valence-electron chi connectivity index (χ4n) is 4.90. The molecule has 2 aliphatic rings. The molecule has 0 saturated carbocycles. The SMILES string of the molecule is CCOc1ccc(OCC)c2c1C(F)(F)C(F)(F)C(F)(F)C2(F)F.CCOc1ccc(OCC)c2c1C(F)(F)C(F)(F)C(F)(F)C2(F)F. The molecule has 2 aromatic carbocycles. The molecule has 0 spiro atoms. The summed E-state index contributed by atoms with van der Waals surface area (Å²) in [7, 11) is 0. The van der Waals surface area contributed by atoms with E-state index in [1.165, 1.54) is 27.7 Å². The van der Waals surface area contributed by atoms with Gasteiger partial charge in [0.2, 0.25) is 0 Å². The lowest BCUT2D eigenvalue weighted by atomic mass is 9.79. The molecule has 48 heavy (non-hydrogen) atoms. The lowest BCUT2D eigenvalue weighted by molar-refractivity contribution is -0.387. The van der Waals surface area contributed by atoms with E-state index in [1.54, 1.807) is 0 Å². The highest BCUT2D eigenvalue weighted by Gasteiger charge is 2.87. The molecule has 0 heterocycles. The summed E-state index contributed by atoms with van der Waals surface area (Å²) in [6, 6.07) is 2.82. The smallest absolute Gasteiger partial charge is 0.383 e. The normalized spacial score (nSPS) is 22.6. The molecule has 0 amide bonds. The summed E-state index contributed by atoms with van der Waals surface area (Å²) in [5.74, 6) is -51.8. The minimum absolute atomic E-state index is 0.329. The van der Waals surface area contributed by atoms with E-state index in [9.17, 15) is 70.2 Å². The van der Waals surface area contributed by atoms with Gasteiger partial charge in [-0.15, -0.1) is 0 Å². The number of benzene rings is 2.